The smallest absolute Gasteiger partial charge is 0.407 e. The van der Waals surface area contributed by atoms with E-state index in [0.717, 1.165) is 19.4 Å². The summed E-state index contributed by atoms with van der Waals surface area (Å²) in [4.78, 5) is 11.7. The van der Waals surface area contributed by atoms with E-state index in [1.54, 1.807) is 27.7 Å². The quantitative estimate of drug-likeness (QED) is 0.617. The van der Waals surface area contributed by atoms with E-state index in [2.05, 4.69) is 10.6 Å². The van der Waals surface area contributed by atoms with Crippen molar-refractivity contribution in [1.29, 1.82) is 0 Å². The molecule has 1 heterocycles. The number of hydrogen-bond acceptors (Lipinski definition) is 5. The Hall–Kier alpha value is -0.850. The Morgan fingerprint density at radius 2 is 1.78 bits per heavy atom. The summed E-state index contributed by atoms with van der Waals surface area (Å²) in [7, 11) is 0. The van der Waals surface area contributed by atoms with Gasteiger partial charge in [-0.2, -0.15) is 0 Å². The van der Waals surface area contributed by atoms with Crippen molar-refractivity contribution in [2.75, 3.05) is 13.1 Å². The molecule has 0 spiro atoms. The third-order valence-electron chi connectivity index (χ3n) is 4.21. The Morgan fingerprint density at radius 1 is 1.17 bits per heavy atom. The fourth-order valence-corrected chi connectivity index (χ4v) is 2.87. The second kappa shape index (κ2) is 7.36. The average molecular weight is 330 g/mol. The van der Waals surface area contributed by atoms with Crippen LogP contribution in [0.4, 0.5) is 4.79 Å². The van der Waals surface area contributed by atoms with Crippen LogP contribution >= 0.6 is 0 Å². The molecule has 1 aliphatic rings. The van der Waals surface area contributed by atoms with Crippen LogP contribution in [0.15, 0.2) is 0 Å². The first kappa shape index (κ1) is 20.2. The van der Waals surface area contributed by atoms with Crippen LogP contribution in [0.1, 0.15) is 60.8 Å². The van der Waals surface area contributed by atoms with E-state index >= 15 is 0 Å². The van der Waals surface area contributed by atoms with Crippen molar-refractivity contribution in [3.8, 4) is 0 Å². The van der Waals surface area contributed by atoms with E-state index in [4.69, 9.17) is 4.74 Å². The second-order valence-corrected chi connectivity index (χ2v) is 8.59. The number of aliphatic hydroxyl groups is 2. The molecule has 1 fully saturated rings. The van der Waals surface area contributed by atoms with Crippen LogP contribution in [0, 0.1) is 5.92 Å². The fraction of sp³-hybridized carbons (Fsp3) is 0.941. The number of carbonyl (C=O) groups is 1. The van der Waals surface area contributed by atoms with E-state index in [-0.39, 0.29) is 18.5 Å². The molecule has 4 N–H and O–H groups in total. The summed E-state index contributed by atoms with van der Waals surface area (Å²) in [6.07, 6.45) is 1.85. The average Bonchev–Trinajstić information content (AvgIpc) is 2.33. The molecule has 0 aliphatic carbocycles. The molecule has 2 unspecified atom stereocenters. The first-order chi connectivity index (χ1) is 10.3. The van der Waals surface area contributed by atoms with E-state index in [9.17, 15) is 15.0 Å². The monoisotopic (exact) mass is 330 g/mol. The van der Waals surface area contributed by atoms with Crippen molar-refractivity contribution < 1.29 is 19.7 Å². The number of amides is 1. The summed E-state index contributed by atoms with van der Waals surface area (Å²) in [5, 5.41) is 26.5. The summed E-state index contributed by atoms with van der Waals surface area (Å²) in [5.74, 6) is 0.226. The normalized spacial score (nSPS) is 25.6. The summed E-state index contributed by atoms with van der Waals surface area (Å²) < 4.78 is 5.17. The first-order valence-electron chi connectivity index (χ1n) is 8.43. The number of nitrogens with one attached hydrogen (secondary N) is 2. The molecule has 6 nitrogen and oxygen atoms in total. The minimum absolute atomic E-state index is 0.148. The Labute approximate surface area is 140 Å². The second-order valence-electron chi connectivity index (χ2n) is 8.59. The summed E-state index contributed by atoms with van der Waals surface area (Å²) in [5.41, 5.74) is -2.23. The molecule has 6 heteroatoms. The number of alkyl carbamates (subject to hydrolysis) is 1. The van der Waals surface area contributed by atoms with Crippen LogP contribution < -0.4 is 10.6 Å². The first-order valence-corrected chi connectivity index (χ1v) is 8.43. The van der Waals surface area contributed by atoms with Crippen LogP contribution in [-0.4, -0.2) is 52.2 Å². The molecule has 0 saturated carbocycles. The van der Waals surface area contributed by atoms with Gasteiger partial charge >= 0.3 is 6.09 Å². The lowest BCUT2D eigenvalue weighted by Gasteiger charge is -2.38. The number of hydrogen-bond donors (Lipinski definition) is 4. The van der Waals surface area contributed by atoms with Crippen LogP contribution in [0.5, 0.6) is 0 Å². The van der Waals surface area contributed by atoms with Gasteiger partial charge in [-0.25, -0.2) is 4.79 Å². The van der Waals surface area contributed by atoms with Gasteiger partial charge in [0.1, 0.15) is 5.60 Å². The molecule has 0 aromatic heterocycles. The van der Waals surface area contributed by atoms with Gasteiger partial charge in [-0.1, -0.05) is 0 Å². The minimum Gasteiger partial charge on any atom is -0.444 e. The summed E-state index contributed by atoms with van der Waals surface area (Å²) in [6, 6.07) is 0.184. The zero-order valence-corrected chi connectivity index (χ0v) is 15.4. The van der Waals surface area contributed by atoms with Gasteiger partial charge in [-0.3, -0.25) is 0 Å². The maximum atomic E-state index is 11.7. The van der Waals surface area contributed by atoms with Crippen molar-refractivity contribution in [2.24, 2.45) is 5.92 Å². The van der Waals surface area contributed by atoms with Crippen LogP contribution in [0.3, 0.4) is 0 Å². The van der Waals surface area contributed by atoms with Crippen molar-refractivity contribution >= 4 is 6.09 Å². The highest BCUT2D eigenvalue weighted by atomic mass is 16.6. The number of carbonyl (C=O) groups excluding carboxylic acids is 1. The highest BCUT2D eigenvalue weighted by Crippen LogP contribution is 2.27. The van der Waals surface area contributed by atoms with Gasteiger partial charge in [0.25, 0.3) is 0 Å². The molecule has 136 valence electrons. The summed E-state index contributed by atoms with van der Waals surface area (Å²) >= 11 is 0. The molecule has 1 rings (SSSR count). The van der Waals surface area contributed by atoms with Gasteiger partial charge in [-0.05, 0) is 66.7 Å². The third kappa shape index (κ3) is 7.99. The maximum Gasteiger partial charge on any atom is 0.407 e. The largest absolute Gasteiger partial charge is 0.444 e. The van der Waals surface area contributed by atoms with Crippen molar-refractivity contribution in [2.45, 2.75) is 83.6 Å². The van der Waals surface area contributed by atoms with Crippen molar-refractivity contribution in [3.05, 3.63) is 0 Å². The maximum absolute atomic E-state index is 11.7. The molecule has 0 aromatic rings. The van der Waals surface area contributed by atoms with Gasteiger partial charge in [-0.15, -0.1) is 0 Å². The Morgan fingerprint density at radius 3 is 2.22 bits per heavy atom. The molecule has 0 aromatic carbocycles. The lowest BCUT2D eigenvalue weighted by Crippen LogP contribution is -2.51. The van der Waals surface area contributed by atoms with E-state index in [1.807, 2.05) is 13.8 Å². The standard InChI is InChI=1S/C17H34N2O4/c1-15(2,3)23-14(20)19-11-17(6,22)9-13-8-7-12(10-18-13)16(4,5)21/h12-13,18,21-22H,7-11H2,1-6H3,(H,19,20)/t12-,13?,17?/m1/s1. The predicted octanol–water partition coefficient (Wildman–Crippen LogP) is 1.79. The van der Waals surface area contributed by atoms with Crippen molar-refractivity contribution in [3.63, 3.8) is 0 Å². The SMILES string of the molecule is CC(O)(CNC(=O)OC(C)(C)C)CC1CC[C@@H](C(C)(C)O)CN1. The van der Waals surface area contributed by atoms with E-state index < -0.39 is 22.9 Å². The zero-order chi connectivity index (χ0) is 17.9. The molecule has 23 heavy (non-hydrogen) atoms. The van der Waals surface area contributed by atoms with Crippen LogP contribution in [0.25, 0.3) is 0 Å². The van der Waals surface area contributed by atoms with Gasteiger partial charge in [0.15, 0.2) is 0 Å². The Kier molecular flexibility index (Phi) is 6.47. The zero-order valence-electron chi connectivity index (χ0n) is 15.4. The molecule has 0 radical (unpaired) electrons. The molecule has 1 aliphatic heterocycles. The predicted molar refractivity (Wildman–Crippen MR) is 90.3 cm³/mol. The molecular formula is C17H34N2O4. The van der Waals surface area contributed by atoms with Crippen molar-refractivity contribution in [1.82, 2.24) is 10.6 Å². The molecule has 0 bridgehead atoms. The summed E-state index contributed by atoms with van der Waals surface area (Å²) in [6.45, 7) is 11.7. The van der Waals surface area contributed by atoms with E-state index in [0.29, 0.717) is 6.42 Å². The number of ether oxygens (including phenoxy) is 1. The van der Waals surface area contributed by atoms with Crippen LogP contribution in [-0.2, 0) is 4.74 Å². The fourth-order valence-electron chi connectivity index (χ4n) is 2.87. The van der Waals surface area contributed by atoms with Crippen LogP contribution in [0.2, 0.25) is 0 Å². The van der Waals surface area contributed by atoms with Gasteiger partial charge in [0.2, 0.25) is 0 Å². The lowest BCUT2D eigenvalue weighted by atomic mass is 9.81. The molecule has 1 saturated heterocycles. The Balaban J connectivity index is 2.37. The third-order valence-corrected chi connectivity index (χ3v) is 4.21. The van der Waals surface area contributed by atoms with E-state index in [1.165, 1.54) is 0 Å². The molecule has 1 amide bonds. The highest BCUT2D eigenvalue weighted by molar-refractivity contribution is 5.67. The molecular weight excluding hydrogens is 296 g/mol. The lowest BCUT2D eigenvalue weighted by molar-refractivity contribution is -0.00930. The molecule has 3 atom stereocenters. The topological polar surface area (TPSA) is 90.8 Å². The van der Waals surface area contributed by atoms with Gasteiger partial charge in [0.05, 0.1) is 11.2 Å². The van der Waals surface area contributed by atoms with Gasteiger partial charge in [0, 0.05) is 19.1 Å². The Bertz CT molecular complexity index is 388. The number of rotatable bonds is 5. The minimum atomic E-state index is -1.00. The number of piperidine rings is 1. The van der Waals surface area contributed by atoms with Gasteiger partial charge < -0.3 is 25.6 Å². The highest BCUT2D eigenvalue weighted by Gasteiger charge is 2.34.